The monoisotopic (exact) mass is 379 g/mol. The number of para-hydroxylation sites is 1. The molecule has 136 valence electrons. The van der Waals surface area contributed by atoms with Crippen LogP contribution < -0.4 is 9.64 Å². The van der Waals surface area contributed by atoms with Gasteiger partial charge in [-0.05, 0) is 42.7 Å². The quantitative estimate of drug-likeness (QED) is 0.677. The minimum atomic E-state index is -0.484. The van der Waals surface area contributed by atoms with E-state index in [0.29, 0.717) is 24.3 Å². The number of Topliss-reactive ketones (excluding diaryl/α,β-unsaturated/α-hetero) is 1. The molecule has 27 heavy (non-hydrogen) atoms. The highest BCUT2D eigenvalue weighted by molar-refractivity contribution is 7.09. The van der Waals surface area contributed by atoms with Crippen molar-refractivity contribution in [3.8, 4) is 16.5 Å². The Morgan fingerprint density at radius 2 is 2.07 bits per heavy atom. The Morgan fingerprint density at radius 3 is 2.85 bits per heavy atom. The Bertz CT molecular complexity index is 1020. The van der Waals surface area contributed by atoms with Crippen LogP contribution in [-0.2, 0) is 0 Å². The van der Waals surface area contributed by atoms with Gasteiger partial charge in [-0.1, -0.05) is 12.1 Å². The fraction of sp³-hybridized carbons (Fsp3) is 0.316. The van der Waals surface area contributed by atoms with Gasteiger partial charge >= 0.3 is 0 Å². The Kier molecular flexibility index (Phi) is 3.68. The smallest absolute Gasteiger partial charge is 0.170 e. The zero-order valence-corrected chi connectivity index (χ0v) is 15.6. The fourth-order valence-electron chi connectivity index (χ4n) is 3.72. The van der Waals surface area contributed by atoms with Crippen LogP contribution in [-0.4, -0.2) is 44.0 Å². The molecule has 0 radical (unpaired) electrons. The molecule has 1 unspecified atom stereocenters. The third-order valence-corrected chi connectivity index (χ3v) is 5.86. The molecule has 0 bridgehead atoms. The Balaban J connectivity index is 1.36. The zero-order chi connectivity index (χ0) is 18.4. The molecule has 3 aromatic rings. The normalized spacial score (nSPS) is 21.4. The molecule has 7 nitrogen and oxygen atoms in total. The minimum Gasteiger partial charge on any atom is -0.484 e. The van der Waals surface area contributed by atoms with Crippen molar-refractivity contribution >= 4 is 23.1 Å². The highest BCUT2D eigenvalue weighted by Gasteiger charge is 2.46. The molecule has 0 amide bonds. The van der Waals surface area contributed by atoms with E-state index < -0.39 is 5.60 Å². The second-order valence-electron chi connectivity index (χ2n) is 6.98. The van der Waals surface area contributed by atoms with Gasteiger partial charge in [-0.3, -0.25) is 4.79 Å². The number of fused-ring (bicyclic) bond motifs is 1. The van der Waals surface area contributed by atoms with E-state index in [1.807, 2.05) is 43.3 Å². The molecule has 1 fully saturated rings. The first-order valence-corrected chi connectivity index (χ1v) is 9.60. The van der Waals surface area contributed by atoms with E-state index >= 15 is 0 Å². The average Bonchev–Trinajstić information content (AvgIpc) is 3.29. The first kappa shape index (κ1) is 16.3. The van der Waals surface area contributed by atoms with E-state index in [1.165, 1.54) is 11.5 Å². The van der Waals surface area contributed by atoms with E-state index in [0.717, 1.165) is 35.3 Å². The summed E-state index contributed by atoms with van der Waals surface area (Å²) in [7, 11) is 0. The summed E-state index contributed by atoms with van der Waals surface area (Å²) in [4.78, 5) is 19.0. The highest BCUT2D eigenvalue weighted by Crippen LogP contribution is 2.39. The number of ether oxygens (including phenoxy) is 1. The SMILES string of the molecule is Cc1nsc(-c2ccc(N3CCC4(CC(=O)c5ccccc5O4)C3)nn2)n1. The van der Waals surface area contributed by atoms with Gasteiger partial charge in [-0.15, -0.1) is 10.2 Å². The van der Waals surface area contributed by atoms with Crippen molar-refractivity contribution in [3.05, 3.63) is 47.8 Å². The van der Waals surface area contributed by atoms with Crippen molar-refractivity contribution in [3.63, 3.8) is 0 Å². The number of anilines is 1. The highest BCUT2D eigenvalue weighted by atomic mass is 32.1. The van der Waals surface area contributed by atoms with Gasteiger partial charge < -0.3 is 9.64 Å². The molecular formula is C19H17N5O2S. The van der Waals surface area contributed by atoms with Crippen molar-refractivity contribution in [2.45, 2.75) is 25.4 Å². The molecular weight excluding hydrogens is 362 g/mol. The van der Waals surface area contributed by atoms with Crippen LogP contribution in [0.3, 0.4) is 0 Å². The number of rotatable bonds is 2. The number of aryl methyl sites for hydroxylation is 1. The Hall–Kier alpha value is -2.87. The standard InChI is InChI=1S/C19H17N5O2S/c1-12-20-18(27-23-12)14-6-7-17(22-21-14)24-9-8-19(11-24)10-15(25)13-4-2-3-5-16(13)26-19/h2-7H,8-11H2,1H3. The lowest BCUT2D eigenvalue weighted by molar-refractivity contribution is 0.0538. The summed E-state index contributed by atoms with van der Waals surface area (Å²) in [6.07, 6.45) is 1.18. The third-order valence-electron chi connectivity index (χ3n) is 5.03. The summed E-state index contributed by atoms with van der Waals surface area (Å²) in [6, 6.07) is 11.3. The van der Waals surface area contributed by atoms with E-state index in [2.05, 4.69) is 24.5 Å². The van der Waals surface area contributed by atoms with Gasteiger partial charge in [-0.25, -0.2) is 4.98 Å². The van der Waals surface area contributed by atoms with Crippen LogP contribution in [0.2, 0.25) is 0 Å². The summed E-state index contributed by atoms with van der Waals surface area (Å²) in [5.41, 5.74) is 0.914. The van der Waals surface area contributed by atoms with Gasteiger partial charge in [-0.2, -0.15) is 4.37 Å². The minimum absolute atomic E-state index is 0.145. The topological polar surface area (TPSA) is 81.1 Å². The molecule has 1 saturated heterocycles. The number of benzene rings is 1. The van der Waals surface area contributed by atoms with Crippen LogP contribution in [0, 0.1) is 6.92 Å². The predicted molar refractivity (Wildman–Crippen MR) is 101 cm³/mol. The summed E-state index contributed by atoms with van der Waals surface area (Å²) in [6.45, 7) is 3.26. The van der Waals surface area contributed by atoms with Gasteiger partial charge in [0.1, 0.15) is 22.9 Å². The molecule has 1 atom stereocenters. The second kappa shape index (κ2) is 6.09. The Labute approximate surface area is 160 Å². The number of hydrogen-bond acceptors (Lipinski definition) is 8. The van der Waals surface area contributed by atoms with E-state index in [1.54, 1.807) is 0 Å². The maximum atomic E-state index is 12.6. The number of carbonyl (C=O) groups is 1. The van der Waals surface area contributed by atoms with Crippen molar-refractivity contribution < 1.29 is 9.53 Å². The maximum Gasteiger partial charge on any atom is 0.170 e. The lowest BCUT2D eigenvalue weighted by atomic mass is 9.89. The molecule has 1 spiro atoms. The van der Waals surface area contributed by atoms with E-state index in [9.17, 15) is 4.79 Å². The maximum absolute atomic E-state index is 12.6. The lowest BCUT2D eigenvalue weighted by Crippen LogP contribution is -2.44. The predicted octanol–water partition coefficient (Wildman–Crippen LogP) is 2.92. The van der Waals surface area contributed by atoms with Crippen molar-refractivity contribution in [1.29, 1.82) is 0 Å². The van der Waals surface area contributed by atoms with Gasteiger partial charge in [0.05, 0.1) is 18.5 Å². The van der Waals surface area contributed by atoms with E-state index in [4.69, 9.17) is 4.74 Å². The van der Waals surface area contributed by atoms with Crippen LogP contribution in [0.5, 0.6) is 5.75 Å². The van der Waals surface area contributed by atoms with Crippen LogP contribution in [0.15, 0.2) is 36.4 Å². The molecule has 2 aliphatic heterocycles. The lowest BCUT2D eigenvalue weighted by Gasteiger charge is -2.34. The van der Waals surface area contributed by atoms with Crippen molar-refractivity contribution in [2.75, 3.05) is 18.0 Å². The third kappa shape index (κ3) is 2.86. The van der Waals surface area contributed by atoms with Crippen molar-refractivity contribution in [2.24, 2.45) is 0 Å². The molecule has 5 rings (SSSR count). The van der Waals surface area contributed by atoms with Crippen LogP contribution in [0.25, 0.3) is 10.7 Å². The van der Waals surface area contributed by atoms with Gasteiger partial charge in [0, 0.05) is 13.0 Å². The number of hydrogen-bond donors (Lipinski definition) is 0. The van der Waals surface area contributed by atoms with Gasteiger partial charge in [0.25, 0.3) is 0 Å². The van der Waals surface area contributed by atoms with Crippen LogP contribution in [0.1, 0.15) is 29.0 Å². The van der Waals surface area contributed by atoms with Crippen LogP contribution in [0.4, 0.5) is 5.82 Å². The molecule has 2 aromatic heterocycles. The molecule has 0 saturated carbocycles. The molecule has 2 aliphatic rings. The number of carbonyl (C=O) groups excluding carboxylic acids is 1. The number of nitrogens with zero attached hydrogens (tertiary/aromatic N) is 5. The molecule has 8 heteroatoms. The molecule has 4 heterocycles. The van der Waals surface area contributed by atoms with Gasteiger partial charge in [0.2, 0.25) is 0 Å². The summed E-state index contributed by atoms with van der Waals surface area (Å²) in [5, 5.41) is 9.43. The largest absolute Gasteiger partial charge is 0.484 e. The molecule has 0 N–H and O–H groups in total. The first-order chi connectivity index (χ1) is 13.1. The van der Waals surface area contributed by atoms with Gasteiger partial charge in [0.15, 0.2) is 16.6 Å². The summed E-state index contributed by atoms with van der Waals surface area (Å²) in [5.74, 6) is 2.35. The molecule has 0 aliphatic carbocycles. The first-order valence-electron chi connectivity index (χ1n) is 8.83. The summed E-state index contributed by atoms with van der Waals surface area (Å²) < 4.78 is 10.5. The summed E-state index contributed by atoms with van der Waals surface area (Å²) >= 11 is 1.32. The Morgan fingerprint density at radius 1 is 1.19 bits per heavy atom. The zero-order valence-electron chi connectivity index (χ0n) is 14.8. The van der Waals surface area contributed by atoms with E-state index in [-0.39, 0.29) is 5.78 Å². The van der Waals surface area contributed by atoms with Crippen molar-refractivity contribution in [1.82, 2.24) is 19.6 Å². The number of aromatic nitrogens is 4. The second-order valence-corrected chi connectivity index (χ2v) is 7.73. The van der Waals surface area contributed by atoms with Crippen LogP contribution >= 0.6 is 11.5 Å². The molecule has 1 aromatic carbocycles. The fourth-order valence-corrected chi connectivity index (χ4v) is 4.35. The number of ketones is 1. The average molecular weight is 379 g/mol.